The summed E-state index contributed by atoms with van der Waals surface area (Å²) in [7, 11) is 0. The molecule has 1 aromatic carbocycles. The molecule has 0 aromatic heterocycles. The monoisotopic (exact) mass is 249 g/mol. The van der Waals surface area contributed by atoms with Gasteiger partial charge in [-0.25, -0.2) is 4.79 Å². The van der Waals surface area contributed by atoms with E-state index >= 15 is 0 Å². The van der Waals surface area contributed by atoms with Gasteiger partial charge in [-0.05, 0) is 38.5 Å². The van der Waals surface area contributed by atoms with Crippen LogP contribution in [0.1, 0.15) is 32.3 Å². The lowest BCUT2D eigenvalue weighted by Crippen LogP contribution is -2.42. The molecule has 0 radical (unpaired) electrons. The van der Waals surface area contributed by atoms with Crippen molar-refractivity contribution >= 4 is 6.09 Å². The Morgan fingerprint density at radius 2 is 1.89 bits per heavy atom. The fourth-order valence-corrected chi connectivity index (χ4v) is 1.67. The molecule has 0 spiro atoms. The van der Waals surface area contributed by atoms with E-state index in [1.807, 2.05) is 45.0 Å². The van der Waals surface area contributed by atoms with Gasteiger partial charge in [0.2, 0.25) is 0 Å². The summed E-state index contributed by atoms with van der Waals surface area (Å²) in [5.74, 6) is 1.04. The van der Waals surface area contributed by atoms with Crippen molar-refractivity contribution in [3.8, 4) is 5.75 Å². The number of carbonyl (C=O) groups is 1. The first kappa shape index (κ1) is 12.9. The topological polar surface area (TPSA) is 47.6 Å². The number of ether oxygens (including phenoxy) is 2. The van der Waals surface area contributed by atoms with Crippen molar-refractivity contribution in [2.45, 2.75) is 32.2 Å². The summed E-state index contributed by atoms with van der Waals surface area (Å²) >= 11 is 0. The van der Waals surface area contributed by atoms with Crippen LogP contribution in [-0.2, 0) is 4.74 Å². The highest BCUT2D eigenvalue weighted by Gasteiger charge is 2.20. The summed E-state index contributed by atoms with van der Waals surface area (Å²) in [4.78, 5) is 11.6. The first-order valence-electron chi connectivity index (χ1n) is 6.12. The standard InChI is InChI=1S/C14H19NO3/c1-14(2,3)15-13(16)18-12-6-4-10(5-7-12)11-8-17-9-11/h4-7,11H,8-9H2,1-3H3,(H,15,16). The highest BCUT2D eigenvalue weighted by molar-refractivity contribution is 5.71. The average Bonchev–Trinajstić information content (AvgIpc) is 2.15. The molecule has 1 heterocycles. The lowest BCUT2D eigenvalue weighted by atomic mass is 9.98. The maximum Gasteiger partial charge on any atom is 0.413 e. The Morgan fingerprint density at radius 1 is 1.28 bits per heavy atom. The van der Waals surface area contributed by atoms with Gasteiger partial charge in [0.1, 0.15) is 5.75 Å². The number of hydrogen-bond donors (Lipinski definition) is 1. The Kier molecular flexibility index (Phi) is 3.57. The van der Waals surface area contributed by atoms with Gasteiger partial charge in [0.05, 0.1) is 13.2 Å². The van der Waals surface area contributed by atoms with Crippen molar-refractivity contribution in [2.24, 2.45) is 0 Å². The Labute approximate surface area is 107 Å². The van der Waals surface area contributed by atoms with Gasteiger partial charge < -0.3 is 14.8 Å². The summed E-state index contributed by atoms with van der Waals surface area (Å²) in [5, 5.41) is 2.75. The van der Waals surface area contributed by atoms with Gasteiger partial charge >= 0.3 is 6.09 Å². The van der Waals surface area contributed by atoms with Crippen molar-refractivity contribution in [2.75, 3.05) is 13.2 Å². The first-order valence-corrected chi connectivity index (χ1v) is 6.12. The molecule has 0 unspecified atom stereocenters. The zero-order valence-corrected chi connectivity index (χ0v) is 11.0. The molecule has 0 atom stereocenters. The van der Waals surface area contributed by atoms with Gasteiger partial charge in [-0.1, -0.05) is 12.1 Å². The Hall–Kier alpha value is -1.55. The van der Waals surface area contributed by atoms with Gasteiger partial charge in [0, 0.05) is 11.5 Å². The van der Waals surface area contributed by atoms with Crippen molar-refractivity contribution in [3.05, 3.63) is 29.8 Å². The van der Waals surface area contributed by atoms with Crippen LogP contribution in [0.3, 0.4) is 0 Å². The smallest absolute Gasteiger partial charge is 0.410 e. The van der Waals surface area contributed by atoms with Gasteiger partial charge in [-0.3, -0.25) is 0 Å². The molecular formula is C14H19NO3. The van der Waals surface area contributed by atoms with E-state index in [0.29, 0.717) is 11.7 Å². The van der Waals surface area contributed by atoms with Gasteiger partial charge in [-0.2, -0.15) is 0 Å². The minimum Gasteiger partial charge on any atom is -0.410 e. The number of carbonyl (C=O) groups excluding carboxylic acids is 1. The largest absolute Gasteiger partial charge is 0.413 e. The molecule has 1 N–H and O–H groups in total. The normalized spacial score (nSPS) is 15.9. The number of amides is 1. The fourth-order valence-electron chi connectivity index (χ4n) is 1.67. The molecule has 18 heavy (non-hydrogen) atoms. The molecule has 0 bridgehead atoms. The number of rotatable bonds is 2. The highest BCUT2D eigenvalue weighted by atomic mass is 16.6. The second-order valence-electron chi connectivity index (χ2n) is 5.57. The lowest BCUT2D eigenvalue weighted by Gasteiger charge is -2.26. The maximum absolute atomic E-state index is 11.6. The van der Waals surface area contributed by atoms with Crippen LogP contribution in [-0.4, -0.2) is 24.8 Å². The van der Waals surface area contributed by atoms with E-state index in [2.05, 4.69) is 5.32 Å². The maximum atomic E-state index is 11.6. The van der Waals surface area contributed by atoms with Crippen LogP contribution >= 0.6 is 0 Å². The summed E-state index contributed by atoms with van der Waals surface area (Å²) in [6.45, 7) is 7.30. The van der Waals surface area contributed by atoms with E-state index in [1.54, 1.807) is 0 Å². The quantitative estimate of drug-likeness (QED) is 0.876. The predicted molar refractivity (Wildman–Crippen MR) is 68.9 cm³/mol. The molecule has 1 aliphatic heterocycles. The van der Waals surface area contributed by atoms with Crippen molar-refractivity contribution < 1.29 is 14.3 Å². The van der Waals surface area contributed by atoms with Crippen LogP contribution in [0.2, 0.25) is 0 Å². The SMILES string of the molecule is CC(C)(C)NC(=O)Oc1ccc(C2COC2)cc1. The fraction of sp³-hybridized carbons (Fsp3) is 0.500. The van der Waals surface area contributed by atoms with Crippen LogP contribution in [0, 0.1) is 0 Å². The molecule has 1 amide bonds. The van der Waals surface area contributed by atoms with E-state index in [4.69, 9.17) is 9.47 Å². The molecule has 0 saturated carbocycles. The lowest BCUT2D eigenvalue weighted by molar-refractivity contribution is 0.00840. The number of hydrogen-bond acceptors (Lipinski definition) is 3. The van der Waals surface area contributed by atoms with Gasteiger partial charge in [-0.15, -0.1) is 0 Å². The van der Waals surface area contributed by atoms with Crippen molar-refractivity contribution in [3.63, 3.8) is 0 Å². The van der Waals surface area contributed by atoms with Crippen molar-refractivity contribution in [1.29, 1.82) is 0 Å². The third-order valence-electron chi connectivity index (χ3n) is 2.68. The Balaban J connectivity index is 1.91. The van der Waals surface area contributed by atoms with E-state index in [0.717, 1.165) is 13.2 Å². The van der Waals surface area contributed by atoms with Crippen molar-refractivity contribution in [1.82, 2.24) is 5.32 Å². The highest BCUT2D eigenvalue weighted by Crippen LogP contribution is 2.25. The molecule has 4 nitrogen and oxygen atoms in total. The molecule has 1 aromatic rings. The summed E-state index contributed by atoms with van der Waals surface area (Å²) in [5.41, 5.74) is 0.935. The first-order chi connectivity index (χ1) is 8.44. The number of nitrogens with one attached hydrogen (secondary N) is 1. The van der Waals surface area contributed by atoms with E-state index in [1.165, 1.54) is 5.56 Å². The average molecular weight is 249 g/mol. The third kappa shape index (κ3) is 3.47. The zero-order valence-electron chi connectivity index (χ0n) is 11.0. The van der Waals surface area contributed by atoms with E-state index in [9.17, 15) is 4.79 Å². The van der Waals surface area contributed by atoms with Crippen LogP contribution in [0.15, 0.2) is 24.3 Å². The molecule has 4 heteroatoms. The summed E-state index contributed by atoms with van der Waals surface area (Å²) in [6.07, 6.45) is -0.428. The molecule has 2 rings (SSSR count). The van der Waals surface area contributed by atoms with Gasteiger partial charge in [0.25, 0.3) is 0 Å². The summed E-state index contributed by atoms with van der Waals surface area (Å²) in [6, 6.07) is 7.59. The van der Waals surface area contributed by atoms with E-state index < -0.39 is 6.09 Å². The van der Waals surface area contributed by atoms with Crippen LogP contribution in [0.4, 0.5) is 4.79 Å². The molecule has 0 aliphatic carbocycles. The minimum atomic E-state index is -0.428. The van der Waals surface area contributed by atoms with Crippen LogP contribution < -0.4 is 10.1 Å². The zero-order chi connectivity index (χ0) is 13.2. The number of benzene rings is 1. The molecule has 98 valence electrons. The molecule has 1 aliphatic rings. The molecular weight excluding hydrogens is 230 g/mol. The predicted octanol–water partition coefficient (Wildman–Crippen LogP) is 2.69. The third-order valence-corrected chi connectivity index (χ3v) is 2.68. The van der Waals surface area contributed by atoms with E-state index in [-0.39, 0.29) is 5.54 Å². The Morgan fingerprint density at radius 3 is 2.33 bits per heavy atom. The summed E-state index contributed by atoms with van der Waals surface area (Å²) < 4.78 is 10.3. The molecule has 1 fully saturated rings. The Bertz CT molecular complexity index is 416. The molecule has 1 saturated heterocycles. The second-order valence-corrected chi connectivity index (χ2v) is 5.57. The minimum absolute atomic E-state index is 0.291. The van der Waals surface area contributed by atoms with Gasteiger partial charge in [0.15, 0.2) is 0 Å². The van der Waals surface area contributed by atoms with Crippen LogP contribution in [0.25, 0.3) is 0 Å². The second kappa shape index (κ2) is 4.98. The van der Waals surface area contributed by atoms with Crippen LogP contribution in [0.5, 0.6) is 5.75 Å².